The molecule has 1 heterocycles. The lowest BCUT2D eigenvalue weighted by Crippen LogP contribution is -2.48. The van der Waals surface area contributed by atoms with Crippen molar-refractivity contribution in [3.05, 3.63) is 65.5 Å². The SMILES string of the molecule is O=S(=O)(c1ccc(F)c(F)c1F)N1CCN(Cc2ccccc2)CC1. The van der Waals surface area contributed by atoms with Gasteiger partial charge < -0.3 is 0 Å². The van der Waals surface area contributed by atoms with E-state index in [-0.39, 0.29) is 13.1 Å². The van der Waals surface area contributed by atoms with Crippen LogP contribution in [0, 0.1) is 17.5 Å². The van der Waals surface area contributed by atoms with Crippen molar-refractivity contribution >= 4 is 10.0 Å². The molecule has 0 unspecified atom stereocenters. The minimum absolute atomic E-state index is 0.160. The van der Waals surface area contributed by atoms with Gasteiger partial charge in [0, 0.05) is 32.7 Å². The van der Waals surface area contributed by atoms with E-state index in [0.29, 0.717) is 25.7 Å². The fourth-order valence-corrected chi connectivity index (χ4v) is 4.29. The van der Waals surface area contributed by atoms with Gasteiger partial charge in [0.1, 0.15) is 4.90 Å². The predicted molar refractivity (Wildman–Crippen MR) is 86.8 cm³/mol. The third-order valence-electron chi connectivity index (χ3n) is 4.20. The Kier molecular flexibility index (Phi) is 5.12. The zero-order valence-corrected chi connectivity index (χ0v) is 14.1. The molecule has 2 aromatic rings. The van der Waals surface area contributed by atoms with Crippen LogP contribution in [0.4, 0.5) is 13.2 Å². The smallest absolute Gasteiger partial charge is 0.246 e. The second-order valence-electron chi connectivity index (χ2n) is 5.84. The van der Waals surface area contributed by atoms with E-state index in [0.717, 1.165) is 15.9 Å². The first-order chi connectivity index (χ1) is 11.9. The highest BCUT2D eigenvalue weighted by Crippen LogP contribution is 2.24. The molecule has 0 aliphatic carbocycles. The minimum Gasteiger partial charge on any atom is -0.296 e. The van der Waals surface area contributed by atoms with Gasteiger partial charge >= 0.3 is 0 Å². The summed E-state index contributed by atoms with van der Waals surface area (Å²) in [7, 11) is -4.20. The fourth-order valence-electron chi connectivity index (χ4n) is 2.82. The zero-order valence-electron chi connectivity index (χ0n) is 13.3. The molecule has 0 bridgehead atoms. The number of halogens is 3. The molecular weight excluding hydrogens is 353 g/mol. The van der Waals surface area contributed by atoms with Crippen LogP contribution in [0.15, 0.2) is 47.4 Å². The van der Waals surface area contributed by atoms with Gasteiger partial charge in [0.15, 0.2) is 17.5 Å². The summed E-state index contributed by atoms with van der Waals surface area (Å²) in [6, 6.07) is 11.1. The maximum absolute atomic E-state index is 13.8. The molecule has 1 fully saturated rings. The molecule has 0 aromatic heterocycles. The molecular formula is C17H17F3N2O2S. The highest BCUT2D eigenvalue weighted by atomic mass is 32.2. The van der Waals surface area contributed by atoms with Gasteiger partial charge in [-0.1, -0.05) is 30.3 Å². The molecule has 1 saturated heterocycles. The van der Waals surface area contributed by atoms with E-state index in [4.69, 9.17) is 0 Å². The molecule has 2 aromatic carbocycles. The molecule has 25 heavy (non-hydrogen) atoms. The van der Waals surface area contributed by atoms with Crippen molar-refractivity contribution in [3.63, 3.8) is 0 Å². The van der Waals surface area contributed by atoms with Crippen LogP contribution in [0.25, 0.3) is 0 Å². The Labute approximate surface area is 144 Å². The lowest BCUT2D eigenvalue weighted by molar-refractivity contribution is 0.181. The molecule has 0 radical (unpaired) electrons. The molecule has 3 rings (SSSR count). The van der Waals surface area contributed by atoms with E-state index >= 15 is 0 Å². The second kappa shape index (κ2) is 7.15. The van der Waals surface area contributed by atoms with Crippen molar-refractivity contribution in [2.45, 2.75) is 11.4 Å². The van der Waals surface area contributed by atoms with Crippen LogP contribution in [0.3, 0.4) is 0 Å². The van der Waals surface area contributed by atoms with E-state index in [1.807, 2.05) is 30.3 Å². The number of rotatable bonds is 4. The Morgan fingerprint density at radius 2 is 1.48 bits per heavy atom. The molecule has 4 nitrogen and oxygen atoms in total. The fraction of sp³-hybridized carbons (Fsp3) is 0.294. The quantitative estimate of drug-likeness (QED) is 0.777. The number of sulfonamides is 1. The van der Waals surface area contributed by atoms with E-state index in [1.165, 1.54) is 0 Å². The maximum atomic E-state index is 13.8. The van der Waals surface area contributed by atoms with Gasteiger partial charge in [-0.2, -0.15) is 4.31 Å². The van der Waals surface area contributed by atoms with Crippen molar-refractivity contribution < 1.29 is 21.6 Å². The molecule has 0 amide bonds. The van der Waals surface area contributed by atoms with Gasteiger partial charge in [-0.05, 0) is 17.7 Å². The number of hydrogen-bond donors (Lipinski definition) is 0. The molecule has 8 heteroatoms. The Hall–Kier alpha value is -1.90. The van der Waals surface area contributed by atoms with Crippen LogP contribution >= 0.6 is 0 Å². The van der Waals surface area contributed by atoms with Crippen LogP contribution in [0.2, 0.25) is 0 Å². The third kappa shape index (κ3) is 3.70. The van der Waals surface area contributed by atoms with Crippen molar-refractivity contribution in [2.75, 3.05) is 26.2 Å². The van der Waals surface area contributed by atoms with Gasteiger partial charge in [0.2, 0.25) is 10.0 Å². The summed E-state index contributed by atoms with van der Waals surface area (Å²) < 4.78 is 66.3. The largest absolute Gasteiger partial charge is 0.296 e. The predicted octanol–water partition coefficient (Wildman–Crippen LogP) is 2.61. The summed E-state index contributed by atoms with van der Waals surface area (Å²) in [5, 5.41) is 0. The Bertz CT molecular complexity index is 852. The highest BCUT2D eigenvalue weighted by Gasteiger charge is 2.32. The first kappa shape index (κ1) is 17.9. The van der Waals surface area contributed by atoms with Gasteiger partial charge in [-0.25, -0.2) is 21.6 Å². The lowest BCUT2D eigenvalue weighted by Gasteiger charge is -2.34. The maximum Gasteiger partial charge on any atom is 0.246 e. The average molecular weight is 370 g/mol. The molecule has 0 atom stereocenters. The van der Waals surface area contributed by atoms with Crippen molar-refractivity contribution in [1.82, 2.24) is 9.21 Å². The van der Waals surface area contributed by atoms with E-state index in [2.05, 4.69) is 4.90 Å². The van der Waals surface area contributed by atoms with Crippen LogP contribution in [-0.4, -0.2) is 43.8 Å². The number of nitrogens with zero attached hydrogens (tertiary/aromatic N) is 2. The number of piperazine rings is 1. The standard InChI is InChI=1S/C17H17F3N2O2S/c18-14-6-7-15(17(20)16(14)19)25(23,24)22-10-8-21(9-11-22)12-13-4-2-1-3-5-13/h1-7H,8-12H2. The summed E-state index contributed by atoms with van der Waals surface area (Å²) in [6.45, 7) is 1.95. The lowest BCUT2D eigenvalue weighted by atomic mass is 10.2. The third-order valence-corrected chi connectivity index (χ3v) is 6.11. The Balaban J connectivity index is 1.71. The van der Waals surface area contributed by atoms with E-state index in [9.17, 15) is 21.6 Å². The van der Waals surface area contributed by atoms with Crippen molar-refractivity contribution in [3.8, 4) is 0 Å². The van der Waals surface area contributed by atoms with Crippen LogP contribution < -0.4 is 0 Å². The first-order valence-electron chi connectivity index (χ1n) is 7.79. The van der Waals surface area contributed by atoms with Crippen molar-refractivity contribution in [2.24, 2.45) is 0 Å². The van der Waals surface area contributed by atoms with Gasteiger partial charge in [0.05, 0.1) is 0 Å². The normalized spacial score (nSPS) is 16.9. The molecule has 1 aliphatic heterocycles. The number of hydrogen-bond acceptors (Lipinski definition) is 3. The van der Waals surface area contributed by atoms with Gasteiger partial charge in [-0.15, -0.1) is 0 Å². The summed E-state index contributed by atoms with van der Waals surface area (Å²) >= 11 is 0. The molecule has 1 aliphatic rings. The highest BCUT2D eigenvalue weighted by molar-refractivity contribution is 7.89. The Morgan fingerprint density at radius 3 is 2.12 bits per heavy atom. The molecule has 0 spiro atoms. The molecule has 0 N–H and O–H groups in total. The number of benzene rings is 2. The average Bonchev–Trinajstić information content (AvgIpc) is 2.61. The summed E-state index contributed by atoms with van der Waals surface area (Å²) in [5.74, 6) is -4.86. The first-order valence-corrected chi connectivity index (χ1v) is 9.23. The summed E-state index contributed by atoms with van der Waals surface area (Å²) in [5.41, 5.74) is 1.12. The zero-order chi connectivity index (χ0) is 18.0. The van der Waals surface area contributed by atoms with Crippen LogP contribution in [-0.2, 0) is 16.6 Å². The van der Waals surface area contributed by atoms with Crippen molar-refractivity contribution in [1.29, 1.82) is 0 Å². The molecule has 0 saturated carbocycles. The second-order valence-corrected chi connectivity index (χ2v) is 7.75. The summed E-state index contributed by atoms with van der Waals surface area (Å²) in [6.07, 6.45) is 0. The monoisotopic (exact) mass is 370 g/mol. The summed E-state index contributed by atoms with van der Waals surface area (Å²) in [4.78, 5) is 1.26. The Morgan fingerprint density at radius 1 is 0.840 bits per heavy atom. The van der Waals surface area contributed by atoms with Crippen LogP contribution in [0.1, 0.15) is 5.56 Å². The minimum atomic E-state index is -4.20. The van der Waals surface area contributed by atoms with Gasteiger partial charge in [0.25, 0.3) is 0 Å². The topological polar surface area (TPSA) is 40.6 Å². The van der Waals surface area contributed by atoms with Gasteiger partial charge in [-0.3, -0.25) is 4.90 Å². The molecule has 134 valence electrons. The van der Waals surface area contributed by atoms with E-state index < -0.39 is 32.4 Å². The van der Waals surface area contributed by atoms with Crippen LogP contribution in [0.5, 0.6) is 0 Å². The van der Waals surface area contributed by atoms with E-state index in [1.54, 1.807) is 0 Å².